The molecule has 2 aromatic rings. The Morgan fingerprint density at radius 3 is 2.90 bits per heavy atom. The van der Waals surface area contributed by atoms with Gasteiger partial charge in [0.1, 0.15) is 0 Å². The van der Waals surface area contributed by atoms with Crippen molar-refractivity contribution in [2.24, 2.45) is 0 Å². The number of amides is 1. The number of nitrogens with zero attached hydrogens (tertiary/aromatic N) is 2. The summed E-state index contributed by atoms with van der Waals surface area (Å²) in [6, 6.07) is 4.12. The molecule has 4 rings (SSSR count). The van der Waals surface area contributed by atoms with Crippen LogP contribution >= 0.6 is 0 Å². The average molecular weight is 264 g/mol. The molecule has 0 atom stereocenters. The number of hydrogen-bond donors (Lipinski definition) is 1. The lowest BCUT2D eigenvalue weighted by molar-refractivity contribution is 0.176. The summed E-state index contributed by atoms with van der Waals surface area (Å²) in [6.45, 7) is 0. The molecular weight excluding hydrogens is 252 g/mol. The molecule has 4 nitrogen and oxygen atoms in total. The Morgan fingerprint density at radius 1 is 1.20 bits per heavy atom. The van der Waals surface area contributed by atoms with Gasteiger partial charge in [-0.05, 0) is 35.8 Å². The number of rotatable bonds is 0. The molecule has 2 aliphatic rings. The van der Waals surface area contributed by atoms with Crippen molar-refractivity contribution < 1.29 is 9.90 Å². The first-order valence-electron chi connectivity index (χ1n) is 6.46. The van der Waals surface area contributed by atoms with E-state index in [1.807, 2.05) is 24.4 Å². The van der Waals surface area contributed by atoms with Crippen molar-refractivity contribution in [2.45, 2.75) is 6.42 Å². The van der Waals surface area contributed by atoms with Crippen LogP contribution < -0.4 is 0 Å². The minimum Gasteiger partial charge on any atom is -0.464 e. The predicted molar refractivity (Wildman–Crippen MR) is 78.1 cm³/mol. The number of allylic oxidation sites excluding steroid dienone is 1. The Bertz CT molecular complexity index is 825. The van der Waals surface area contributed by atoms with E-state index < -0.39 is 6.09 Å². The Hall–Kier alpha value is -2.75. The minimum absolute atomic E-state index is 0.876. The van der Waals surface area contributed by atoms with E-state index in [0.717, 1.165) is 17.7 Å². The molecule has 0 fully saturated rings. The molecule has 1 N–H and O–H groups in total. The Labute approximate surface area is 115 Å². The highest BCUT2D eigenvalue weighted by Crippen LogP contribution is 2.33. The topological polar surface area (TPSA) is 45.0 Å². The summed E-state index contributed by atoms with van der Waals surface area (Å²) < 4.78 is 2.13. The van der Waals surface area contributed by atoms with Crippen LogP contribution in [0.25, 0.3) is 23.7 Å². The lowest BCUT2D eigenvalue weighted by Gasteiger charge is -2.09. The summed E-state index contributed by atoms with van der Waals surface area (Å²) in [5.41, 5.74) is 5.81. The summed E-state index contributed by atoms with van der Waals surface area (Å²) in [4.78, 5) is 12.2. The molecule has 0 aromatic carbocycles. The van der Waals surface area contributed by atoms with E-state index in [4.69, 9.17) is 5.11 Å². The highest BCUT2D eigenvalue weighted by atomic mass is 16.4. The SMILES string of the molecule is O=C(O)N1C=Cc2c3c4c(cccn4c2C=C1)C=CC3. The molecule has 0 unspecified atom stereocenters. The molecule has 98 valence electrons. The molecule has 0 saturated carbocycles. The Kier molecular flexibility index (Phi) is 2.15. The van der Waals surface area contributed by atoms with Gasteiger partial charge in [0.2, 0.25) is 0 Å². The number of hydrogen-bond acceptors (Lipinski definition) is 1. The van der Waals surface area contributed by atoms with Crippen LogP contribution in [-0.4, -0.2) is 20.5 Å². The van der Waals surface area contributed by atoms with Crippen LogP contribution in [0, 0.1) is 0 Å². The molecule has 0 saturated heterocycles. The van der Waals surface area contributed by atoms with Gasteiger partial charge in [0.25, 0.3) is 0 Å². The first-order valence-corrected chi connectivity index (χ1v) is 6.46. The number of carbonyl (C=O) groups is 1. The molecular formula is C16H12N2O2. The first-order chi connectivity index (χ1) is 9.75. The second-order valence-corrected chi connectivity index (χ2v) is 4.89. The zero-order valence-corrected chi connectivity index (χ0v) is 10.7. The van der Waals surface area contributed by atoms with Gasteiger partial charge in [-0.15, -0.1) is 0 Å². The minimum atomic E-state index is -0.980. The molecule has 0 spiro atoms. The highest BCUT2D eigenvalue weighted by molar-refractivity contribution is 5.86. The van der Waals surface area contributed by atoms with Gasteiger partial charge in [0.05, 0.1) is 11.2 Å². The lowest BCUT2D eigenvalue weighted by atomic mass is 9.99. The molecule has 1 aliphatic heterocycles. The monoisotopic (exact) mass is 264 g/mol. The van der Waals surface area contributed by atoms with Crippen molar-refractivity contribution in [1.82, 2.24) is 9.30 Å². The average Bonchev–Trinajstić information content (AvgIpc) is 2.63. The van der Waals surface area contributed by atoms with Crippen LogP contribution in [0.2, 0.25) is 0 Å². The van der Waals surface area contributed by atoms with Crippen molar-refractivity contribution >= 4 is 29.8 Å². The molecule has 20 heavy (non-hydrogen) atoms. The maximum absolute atomic E-state index is 11.1. The number of fused-ring (bicyclic) bond motifs is 3. The van der Waals surface area contributed by atoms with Gasteiger partial charge in [-0.2, -0.15) is 0 Å². The molecule has 4 heteroatoms. The number of aromatic nitrogens is 1. The van der Waals surface area contributed by atoms with Crippen LogP contribution in [0.15, 0.2) is 36.8 Å². The van der Waals surface area contributed by atoms with Crippen molar-refractivity contribution in [1.29, 1.82) is 0 Å². The van der Waals surface area contributed by atoms with E-state index in [9.17, 15) is 4.79 Å². The Morgan fingerprint density at radius 2 is 2.05 bits per heavy atom. The maximum atomic E-state index is 11.1. The maximum Gasteiger partial charge on any atom is 0.415 e. The van der Waals surface area contributed by atoms with E-state index in [0.29, 0.717) is 0 Å². The van der Waals surface area contributed by atoms with E-state index >= 15 is 0 Å². The van der Waals surface area contributed by atoms with Gasteiger partial charge in [-0.3, -0.25) is 4.90 Å². The molecule has 2 aromatic heterocycles. The fourth-order valence-electron chi connectivity index (χ4n) is 2.94. The summed E-state index contributed by atoms with van der Waals surface area (Å²) in [5, 5.41) is 9.08. The number of pyridine rings is 1. The van der Waals surface area contributed by atoms with Gasteiger partial charge >= 0.3 is 6.09 Å². The number of carboxylic acid groups (broad SMARTS) is 1. The Balaban J connectivity index is 2.03. The lowest BCUT2D eigenvalue weighted by Crippen LogP contribution is -2.16. The van der Waals surface area contributed by atoms with Crippen LogP contribution in [0.1, 0.15) is 22.4 Å². The molecule has 1 aliphatic carbocycles. The standard InChI is InChI=1S/C16H12N2O2/c19-16(20)17-9-6-12-13-5-1-3-11-4-2-8-18(15(11)13)14(12)7-10-17/h1-4,6-10H,5H2,(H,19,20). The van der Waals surface area contributed by atoms with E-state index in [1.165, 1.54) is 21.5 Å². The second kappa shape index (κ2) is 3.87. The summed E-state index contributed by atoms with van der Waals surface area (Å²) in [7, 11) is 0. The van der Waals surface area contributed by atoms with E-state index in [-0.39, 0.29) is 0 Å². The fourth-order valence-corrected chi connectivity index (χ4v) is 2.94. The predicted octanol–water partition coefficient (Wildman–Crippen LogP) is 3.44. The first kappa shape index (κ1) is 11.1. The zero-order valence-electron chi connectivity index (χ0n) is 10.7. The molecule has 1 amide bonds. The second-order valence-electron chi connectivity index (χ2n) is 4.89. The van der Waals surface area contributed by atoms with Crippen molar-refractivity contribution in [3.05, 3.63) is 59.2 Å². The highest BCUT2D eigenvalue weighted by Gasteiger charge is 2.20. The quantitative estimate of drug-likeness (QED) is 0.792. The van der Waals surface area contributed by atoms with Gasteiger partial charge < -0.3 is 9.51 Å². The van der Waals surface area contributed by atoms with Gasteiger partial charge in [0.15, 0.2) is 0 Å². The van der Waals surface area contributed by atoms with E-state index in [1.54, 1.807) is 12.4 Å². The van der Waals surface area contributed by atoms with Crippen LogP contribution in [-0.2, 0) is 6.42 Å². The molecule has 0 bridgehead atoms. The zero-order chi connectivity index (χ0) is 13.7. The smallest absolute Gasteiger partial charge is 0.415 e. The van der Waals surface area contributed by atoms with Crippen LogP contribution in [0.4, 0.5) is 4.79 Å². The largest absolute Gasteiger partial charge is 0.464 e. The fraction of sp³-hybridized carbons (Fsp3) is 0.0625. The van der Waals surface area contributed by atoms with Gasteiger partial charge in [0, 0.05) is 24.2 Å². The third-order valence-corrected chi connectivity index (χ3v) is 3.81. The van der Waals surface area contributed by atoms with Crippen molar-refractivity contribution in [3.8, 4) is 0 Å². The summed E-state index contributed by atoms with van der Waals surface area (Å²) in [6.07, 6.45) is 13.1. The molecule has 0 radical (unpaired) electrons. The van der Waals surface area contributed by atoms with Crippen LogP contribution in [0.5, 0.6) is 0 Å². The van der Waals surface area contributed by atoms with Crippen molar-refractivity contribution in [3.63, 3.8) is 0 Å². The third-order valence-electron chi connectivity index (χ3n) is 3.81. The van der Waals surface area contributed by atoms with Crippen molar-refractivity contribution in [2.75, 3.05) is 0 Å². The summed E-state index contributed by atoms with van der Waals surface area (Å²) in [5.74, 6) is 0. The molecule has 3 heterocycles. The van der Waals surface area contributed by atoms with Gasteiger partial charge in [-0.25, -0.2) is 4.79 Å². The van der Waals surface area contributed by atoms with Crippen LogP contribution in [0.3, 0.4) is 0 Å². The van der Waals surface area contributed by atoms with Gasteiger partial charge in [-0.1, -0.05) is 18.2 Å². The normalized spacial score (nSPS) is 15.5. The summed E-state index contributed by atoms with van der Waals surface area (Å²) >= 11 is 0. The third kappa shape index (κ3) is 1.39. The van der Waals surface area contributed by atoms with E-state index in [2.05, 4.69) is 22.6 Å².